The first-order valence-electron chi connectivity index (χ1n) is 9.25. The van der Waals surface area contributed by atoms with Crippen LogP contribution in [0.15, 0.2) is 43.5 Å². The fourth-order valence-corrected chi connectivity index (χ4v) is 4.22. The third kappa shape index (κ3) is 2.40. The van der Waals surface area contributed by atoms with Gasteiger partial charge in [0.1, 0.15) is 15.7 Å². The summed E-state index contributed by atoms with van der Waals surface area (Å²) in [5.41, 5.74) is 12.6. The number of hydrogen-bond donors (Lipinski definition) is 0. The van der Waals surface area contributed by atoms with Crippen LogP contribution in [-0.2, 0) is 19.3 Å². The van der Waals surface area contributed by atoms with E-state index in [9.17, 15) is 0 Å². The monoisotopic (exact) mass is 310 g/mol. The summed E-state index contributed by atoms with van der Waals surface area (Å²) in [6, 6.07) is 11.8. The van der Waals surface area contributed by atoms with Gasteiger partial charge in [-0.3, -0.25) is 0 Å². The van der Waals surface area contributed by atoms with Gasteiger partial charge < -0.3 is 0 Å². The molecule has 0 radical (unpaired) electrons. The summed E-state index contributed by atoms with van der Waals surface area (Å²) in [5, 5.41) is 0. The zero-order chi connectivity index (χ0) is 16.8. The number of benzene rings is 2. The molecule has 2 heteroatoms. The number of rotatable bonds is 2. The van der Waals surface area contributed by atoms with Gasteiger partial charge in [0.05, 0.1) is 0 Å². The highest BCUT2D eigenvalue weighted by Gasteiger charge is 2.24. The second-order valence-corrected chi connectivity index (χ2v) is 7.46. The summed E-state index contributed by atoms with van der Waals surface area (Å²) in [6.45, 7) is 8.56. The minimum Gasteiger partial charge on any atom is -0.0960 e. The zero-order valence-electron chi connectivity index (χ0n) is 14.9. The number of aryl methyl sites for hydroxylation is 3. The molecule has 0 heterocycles. The van der Waals surface area contributed by atoms with E-state index in [0.29, 0.717) is 5.82 Å². The first kappa shape index (κ1) is 15.6. The predicted molar refractivity (Wildman–Crippen MR) is 111 cm³/mol. The maximum Gasteiger partial charge on any atom is 0.111 e. The highest BCUT2D eigenvalue weighted by molar-refractivity contribution is 6.19. The molecule has 1 atom stereocenters. The Morgan fingerprint density at radius 1 is 0.958 bits per heavy atom. The van der Waals surface area contributed by atoms with Crippen molar-refractivity contribution in [3.63, 3.8) is 0 Å². The Morgan fingerprint density at radius 3 is 2.38 bits per heavy atom. The summed E-state index contributed by atoms with van der Waals surface area (Å²) in [7, 11) is 4.49. The van der Waals surface area contributed by atoms with Crippen LogP contribution in [0.4, 0.5) is 0 Å². The van der Waals surface area contributed by atoms with Crippen molar-refractivity contribution < 1.29 is 0 Å². The van der Waals surface area contributed by atoms with Crippen LogP contribution in [0.3, 0.4) is 0 Å². The van der Waals surface area contributed by atoms with E-state index in [-0.39, 0.29) is 0 Å². The van der Waals surface area contributed by atoms with E-state index in [1.165, 1.54) is 62.9 Å². The Bertz CT molecular complexity index is 861. The zero-order valence-corrected chi connectivity index (χ0v) is 14.9. The molecule has 2 aromatic rings. The maximum atomic E-state index is 4.36. The van der Waals surface area contributed by atoms with Gasteiger partial charge in [-0.05, 0) is 70.4 Å². The Hall–Kier alpha value is -1.95. The van der Waals surface area contributed by atoms with Crippen LogP contribution in [0.5, 0.6) is 0 Å². The fourth-order valence-electron chi connectivity index (χ4n) is 4.22. The van der Waals surface area contributed by atoms with E-state index in [0.717, 1.165) is 19.2 Å². The predicted octanol–water partition coefficient (Wildman–Crippen LogP) is 3.90. The van der Waals surface area contributed by atoms with Crippen LogP contribution < -0.4 is 0 Å². The third-order valence-corrected chi connectivity index (χ3v) is 6.01. The van der Waals surface area contributed by atoms with Crippen LogP contribution in [0.2, 0.25) is 12.1 Å². The van der Waals surface area contributed by atoms with E-state index in [1.54, 1.807) is 0 Å². The Morgan fingerprint density at radius 2 is 1.62 bits per heavy atom. The van der Waals surface area contributed by atoms with Gasteiger partial charge in [0, 0.05) is 0 Å². The standard InChI is InChI=1S/C22H24B2/c1-13(12-23)15-5-7-19-16(9-15)3-4-18-10-20-14(2)22(24)8-6-17(20)11-21(18)19/h5,7,9-11,22H,1-4,6,8,12,23-24H2. The van der Waals surface area contributed by atoms with E-state index >= 15 is 0 Å². The minimum atomic E-state index is 0.619. The lowest BCUT2D eigenvalue weighted by Crippen LogP contribution is -2.12. The lowest BCUT2D eigenvalue weighted by molar-refractivity contribution is 0.817. The quantitative estimate of drug-likeness (QED) is 0.738. The molecule has 0 spiro atoms. The molecule has 0 aromatic heterocycles. The first-order chi connectivity index (χ1) is 11.6. The molecule has 0 saturated carbocycles. The highest BCUT2D eigenvalue weighted by atomic mass is 14.3. The molecule has 2 aliphatic carbocycles. The maximum absolute atomic E-state index is 4.36. The van der Waals surface area contributed by atoms with Crippen molar-refractivity contribution in [2.75, 3.05) is 0 Å². The van der Waals surface area contributed by atoms with Crippen LogP contribution in [-0.4, -0.2) is 15.7 Å². The van der Waals surface area contributed by atoms with Crippen LogP contribution >= 0.6 is 0 Å². The number of hydrogen-bond acceptors (Lipinski definition) is 0. The van der Waals surface area contributed by atoms with Crippen molar-refractivity contribution in [3.8, 4) is 11.1 Å². The SMILES string of the molecule is BCC(=C)c1ccc2c(c1)CCc1cc3c(cc1-2)CCC(B)C3=C. The summed E-state index contributed by atoms with van der Waals surface area (Å²) in [6.07, 6.45) is 5.70. The highest BCUT2D eigenvalue weighted by Crippen LogP contribution is 2.42. The van der Waals surface area contributed by atoms with Crippen LogP contribution in [0, 0.1) is 0 Å². The van der Waals surface area contributed by atoms with E-state index in [2.05, 4.69) is 59.2 Å². The van der Waals surface area contributed by atoms with Gasteiger partial charge in [0.2, 0.25) is 0 Å². The summed E-state index contributed by atoms with van der Waals surface area (Å²) in [5.74, 6) is 0.619. The van der Waals surface area contributed by atoms with Crippen molar-refractivity contribution in [3.05, 3.63) is 71.3 Å². The van der Waals surface area contributed by atoms with Crippen molar-refractivity contribution in [1.29, 1.82) is 0 Å². The van der Waals surface area contributed by atoms with E-state index in [4.69, 9.17) is 0 Å². The second-order valence-electron chi connectivity index (χ2n) is 7.46. The van der Waals surface area contributed by atoms with Crippen molar-refractivity contribution in [2.45, 2.75) is 37.8 Å². The number of allylic oxidation sites excluding steroid dienone is 2. The van der Waals surface area contributed by atoms with Gasteiger partial charge in [0.25, 0.3) is 0 Å². The van der Waals surface area contributed by atoms with Gasteiger partial charge in [0.15, 0.2) is 0 Å². The average molecular weight is 310 g/mol. The summed E-state index contributed by atoms with van der Waals surface area (Å²) >= 11 is 0. The van der Waals surface area contributed by atoms with Gasteiger partial charge in [-0.2, -0.15) is 0 Å². The molecule has 0 fully saturated rings. The Kier molecular flexibility index (Phi) is 3.79. The average Bonchev–Trinajstić information content (AvgIpc) is 2.62. The van der Waals surface area contributed by atoms with Crippen LogP contribution in [0.1, 0.15) is 34.2 Å². The second kappa shape index (κ2) is 5.84. The minimum absolute atomic E-state index is 0.619. The molecule has 0 aliphatic heterocycles. The fraction of sp³-hybridized carbons (Fsp3) is 0.273. The summed E-state index contributed by atoms with van der Waals surface area (Å²) in [4.78, 5) is 0. The van der Waals surface area contributed by atoms with Gasteiger partial charge in [-0.1, -0.05) is 61.0 Å². The largest absolute Gasteiger partial charge is 0.111 e. The Labute approximate surface area is 147 Å². The van der Waals surface area contributed by atoms with E-state index in [1.807, 2.05) is 0 Å². The van der Waals surface area contributed by atoms with Crippen LogP contribution in [0.25, 0.3) is 22.3 Å². The van der Waals surface area contributed by atoms with Gasteiger partial charge in [-0.25, -0.2) is 0 Å². The molecule has 0 amide bonds. The number of fused-ring (bicyclic) bond motifs is 4. The lowest BCUT2D eigenvalue weighted by Gasteiger charge is -2.29. The topological polar surface area (TPSA) is 0 Å². The van der Waals surface area contributed by atoms with Crippen molar-refractivity contribution >= 4 is 26.8 Å². The van der Waals surface area contributed by atoms with Gasteiger partial charge in [-0.15, -0.1) is 0 Å². The van der Waals surface area contributed by atoms with Crippen molar-refractivity contribution in [1.82, 2.24) is 0 Å². The Balaban J connectivity index is 1.82. The van der Waals surface area contributed by atoms with Crippen molar-refractivity contribution in [2.24, 2.45) is 0 Å². The molecule has 4 rings (SSSR count). The molecule has 118 valence electrons. The normalized spacial score (nSPS) is 18.5. The molecule has 0 bridgehead atoms. The molecular weight excluding hydrogens is 286 g/mol. The lowest BCUT2D eigenvalue weighted by atomic mass is 9.68. The molecule has 1 unspecified atom stereocenters. The molecule has 24 heavy (non-hydrogen) atoms. The summed E-state index contributed by atoms with van der Waals surface area (Å²) < 4.78 is 0. The molecule has 0 saturated heterocycles. The molecule has 2 aromatic carbocycles. The smallest absolute Gasteiger partial charge is 0.0960 e. The molecule has 0 N–H and O–H groups in total. The third-order valence-electron chi connectivity index (χ3n) is 6.01. The first-order valence-corrected chi connectivity index (χ1v) is 9.25. The molecular formula is C22H24B2. The molecule has 2 aliphatic rings. The molecule has 0 nitrogen and oxygen atoms in total. The van der Waals surface area contributed by atoms with Gasteiger partial charge >= 0.3 is 0 Å². The van der Waals surface area contributed by atoms with E-state index < -0.39 is 0 Å².